The lowest BCUT2D eigenvalue weighted by molar-refractivity contribution is 0.665. The van der Waals surface area contributed by atoms with E-state index >= 15 is 0 Å². The van der Waals surface area contributed by atoms with Crippen molar-refractivity contribution in [3.63, 3.8) is 0 Å². The van der Waals surface area contributed by atoms with Crippen LogP contribution in [0.5, 0.6) is 0 Å². The van der Waals surface area contributed by atoms with E-state index in [1.807, 2.05) is 19.3 Å². The van der Waals surface area contributed by atoms with Gasteiger partial charge in [-0.25, -0.2) is 0 Å². The predicted molar refractivity (Wildman–Crippen MR) is 121 cm³/mol. The molecule has 1 aromatic heterocycles. The molecule has 0 unspecified atom stereocenters. The summed E-state index contributed by atoms with van der Waals surface area (Å²) in [6, 6.07) is 10.5. The van der Waals surface area contributed by atoms with Crippen molar-refractivity contribution in [1.82, 2.24) is 15.6 Å². The Balaban J connectivity index is 0.00000243. The molecule has 0 radical (unpaired) electrons. The number of allylic oxidation sites excluding steroid dienone is 1. The van der Waals surface area contributed by atoms with E-state index in [1.54, 1.807) is 5.57 Å². The van der Waals surface area contributed by atoms with Crippen LogP contribution in [0.15, 0.2) is 53.2 Å². The molecule has 1 heterocycles. The molecular weight excluding hydrogens is 435 g/mol. The molecule has 2 N–H and O–H groups in total. The summed E-state index contributed by atoms with van der Waals surface area (Å²) in [6.45, 7) is 1.79. The van der Waals surface area contributed by atoms with Gasteiger partial charge in [-0.3, -0.25) is 9.98 Å². The highest BCUT2D eigenvalue weighted by Gasteiger charge is 2.05. The second kappa shape index (κ2) is 11.2. The zero-order valence-electron chi connectivity index (χ0n) is 15.5. The van der Waals surface area contributed by atoms with E-state index < -0.39 is 0 Å². The van der Waals surface area contributed by atoms with Gasteiger partial charge < -0.3 is 10.6 Å². The molecule has 0 spiro atoms. The molecule has 0 amide bonds. The number of halogens is 1. The van der Waals surface area contributed by atoms with Crippen molar-refractivity contribution >= 4 is 40.8 Å². The van der Waals surface area contributed by atoms with Gasteiger partial charge >= 0.3 is 0 Å². The number of nitrogens with one attached hydrogen (secondary N) is 2. The minimum absolute atomic E-state index is 0. The molecule has 5 heteroatoms. The molecule has 1 aromatic carbocycles. The fourth-order valence-corrected chi connectivity index (χ4v) is 3.38. The quantitative estimate of drug-likeness (QED) is 0.288. The Labute approximate surface area is 173 Å². The Kier molecular flexibility index (Phi) is 8.88. The zero-order valence-corrected chi connectivity index (χ0v) is 17.8. The first-order valence-electron chi connectivity index (χ1n) is 9.32. The van der Waals surface area contributed by atoms with Crippen molar-refractivity contribution in [3.8, 4) is 0 Å². The summed E-state index contributed by atoms with van der Waals surface area (Å²) < 4.78 is 0. The highest BCUT2D eigenvalue weighted by atomic mass is 127. The SMILES string of the molecule is CN=C(NCCC1=CCCCC1)NCCc1cccc2cccnc12.I. The Morgan fingerprint density at radius 1 is 1.08 bits per heavy atom. The molecule has 2 aromatic rings. The topological polar surface area (TPSA) is 49.3 Å². The number of hydrogen-bond acceptors (Lipinski definition) is 2. The molecule has 0 saturated heterocycles. The van der Waals surface area contributed by atoms with E-state index in [4.69, 9.17) is 0 Å². The fourth-order valence-electron chi connectivity index (χ4n) is 3.38. The van der Waals surface area contributed by atoms with Gasteiger partial charge in [0.1, 0.15) is 0 Å². The third kappa shape index (κ3) is 5.97. The number of pyridine rings is 1. The van der Waals surface area contributed by atoms with E-state index in [2.05, 4.69) is 51.0 Å². The van der Waals surface area contributed by atoms with Crippen molar-refractivity contribution in [2.45, 2.75) is 38.5 Å². The Morgan fingerprint density at radius 2 is 1.88 bits per heavy atom. The van der Waals surface area contributed by atoms with Crippen LogP contribution in [0.25, 0.3) is 10.9 Å². The second-order valence-corrected chi connectivity index (χ2v) is 6.53. The van der Waals surface area contributed by atoms with Crippen LogP contribution >= 0.6 is 24.0 Å². The van der Waals surface area contributed by atoms with E-state index in [0.29, 0.717) is 0 Å². The molecule has 26 heavy (non-hydrogen) atoms. The third-order valence-corrected chi connectivity index (χ3v) is 4.75. The molecule has 1 aliphatic rings. The standard InChI is InChI=1S/C21H28N4.HI/c1-22-21(24-15-12-17-7-3-2-4-8-17)25-16-13-19-10-5-9-18-11-6-14-23-20(18)19;/h5-7,9-11,14H,2-4,8,12-13,15-16H2,1H3,(H2,22,24,25);1H. The van der Waals surface area contributed by atoms with Gasteiger partial charge in [0, 0.05) is 31.7 Å². The molecule has 0 fully saturated rings. The van der Waals surface area contributed by atoms with Crippen LogP contribution in [0.3, 0.4) is 0 Å². The smallest absolute Gasteiger partial charge is 0.190 e. The summed E-state index contributed by atoms with van der Waals surface area (Å²) in [7, 11) is 1.83. The van der Waals surface area contributed by atoms with E-state index in [0.717, 1.165) is 37.4 Å². The molecule has 0 aliphatic heterocycles. The highest BCUT2D eigenvalue weighted by molar-refractivity contribution is 14.0. The monoisotopic (exact) mass is 464 g/mol. The van der Waals surface area contributed by atoms with Gasteiger partial charge in [-0.15, -0.1) is 24.0 Å². The minimum atomic E-state index is 0. The molecule has 4 nitrogen and oxygen atoms in total. The molecule has 0 saturated carbocycles. The molecule has 140 valence electrons. The number of rotatable bonds is 6. The first-order valence-corrected chi connectivity index (χ1v) is 9.32. The number of guanidine groups is 1. The number of hydrogen-bond donors (Lipinski definition) is 2. The summed E-state index contributed by atoms with van der Waals surface area (Å²) in [5.41, 5.74) is 3.96. The zero-order chi connectivity index (χ0) is 17.3. The van der Waals surface area contributed by atoms with Crippen LogP contribution in [-0.2, 0) is 6.42 Å². The van der Waals surface area contributed by atoms with Crippen molar-refractivity contribution in [3.05, 3.63) is 53.7 Å². The molecule has 0 bridgehead atoms. The van der Waals surface area contributed by atoms with Gasteiger partial charge in [0.05, 0.1) is 5.52 Å². The number of para-hydroxylation sites is 1. The summed E-state index contributed by atoms with van der Waals surface area (Å²) in [4.78, 5) is 8.84. The van der Waals surface area contributed by atoms with Crippen LogP contribution in [0.1, 0.15) is 37.7 Å². The maximum atomic E-state index is 4.52. The van der Waals surface area contributed by atoms with Gasteiger partial charge in [0.15, 0.2) is 5.96 Å². The third-order valence-electron chi connectivity index (χ3n) is 4.75. The largest absolute Gasteiger partial charge is 0.356 e. The molecule has 0 atom stereocenters. The van der Waals surface area contributed by atoms with Gasteiger partial charge in [0.25, 0.3) is 0 Å². The van der Waals surface area contributed by atoms with Crippen molar-refractivity contribution < 1.29 is 0 Å². The fraction of sp³-hybridized carbons (Fsp3) is 0.429. The van der Waals surface area contributed by atoms with Crippen LogP contribution < -0.4 is 10.6 Å². The summed E-state index contributed by atoms with van der Waals surface area (Å²) >= 11 is 0. The first kappa shape index (κ1) is 20.7. The number of aliphatic imine (C=N–C) groups is 1. The van der Waals surface area contributed by atoms with E-state index in [9.17, 15) is 0 Å². The van der Waals surface area contributed by atoms with Crippen LogP contribution in [-0.4, -0.2) is 31.1 Å². The van der Waals surface area contributed by atoms with Crippen LogP contribution in [0.4, 0.5) is 0 Å². The average Bonchev–Trinajstić information content (AvgIpc) is 2.68. The van der Waals surface area contributed by atoms with Crippen molar-refractivity contribution in [2.24, 2.45) is 4.99 Å². The van der Waals surface area contributed by atoms with E-state index in [1.165, 1.54) is 36.6 Å². The van der Waals surface area contributed by atoms with Gasteiger partial charge in [-0.2, -0.15) is 0 Å². The lowest BCUT2D eigenvalue weighted by Gasteiger charge is -2.15. The minimum Gasteiger partial charge on any atom is -0.356 e. The van der Waals surface area contributed by atoms with Crippen LogP contribution in [0.2, 0.25) is 0 Å². The summed E-state index contributed by atoms with van der Waals surface area (Å²) in [6.07, 6.45) is 11.5. The summed E-state index contributed by atoms with van der Waals surface area (Å²) in [5.74, 6) is 0.879. The highest BCUT2D eigenvalue weighted by Crippen LogP contribution is 2.19. The predicted octanol–water partition coefficient (Wildman–Crippen LogP) is 4.45. The Morgan fingerprint density at radius 3 is 2.65 bits per heavy atom. The summed E-state index contributed by atoms with van der Waals surface area (Å²) in [5, 5.41) is 8.03. The molecule has 3 rings (SSSR count). The molecular formula is C21H29IN4. The van der Waals surface area contributed by atoms with Gasteiger partial charge in [-0.05, 0) is 50.2 Å². The van der Waals surface area contributed by atoms with Gasteiger partial charge in [0.2, 0.25) is 0 Å². The van der Waals surface area contributed by atoms with Crippen molar-refractivity contribution in [2.75, 3.05) is 20.1 Å². The van der Waals surface area contributed by atoms with Crippen LogP contribution in [0, 0.1) is 0 Å². The Hall–Kier alpha value is -1.63. The normalized spacial score (nSPS) is 14.5. The lowest BCUT2D eigenvalue weighted by atomic mass is 9.97. The maximum absolute atomic E-state index is 4.52. The number of benzene rings is 1. The maximum Gasteiger partial charge on any atom is 0.190 e. The molecule has 1 aliphatic carbocycles. The number of aromatic nitrogens is 1. The number of nitrogens with zero attached hydrogens (tertiary/aromatic N) is 2. The van der Waals surface area contributed by atoms with E-state index in [-0.39, 0.29) is 24.0 Å². The van der Waals surface area contributed by atoms with Gasteiger partial charge in [-0.1, -0.05) is 35.9 Å². The Bertz CT molecular complexity index is 749. The first-order chi connectivity index (χ1) is 12.4. The number of fused-ring (bicyclic) bond motifs is 1. The van der Waals surface area contributed by atoms with Crippen molar-refractivity contribution in [1.29, 1.82) is 0 Å². The average molecular weight is 464 g/mol. The second-order valence-electron chi connectivity index (χ2n) is 6.53. The lowest BCUT2D eigenvalue weighted by Crippen LogP contribution is -2.38.